The minimum Gasteiger partial charge on any atom is -0.432 e. The molecule has 2 unspecified atom stereocenters. The fraction of sp³-hybridized carbons (Fsp3) is 0.636. The number of aliphatic hydroxyl groups is 1. The molecule has 1 heterocycles. The van der Waals surface area contributed by atoms with Gasteiger partial charge in [-0.3, -0.25) is 0 Å². The number of hydrogen-bond acceptors (Lipinski definition) is 2. The van der Waals surface area contributed by atoms with Gasteiger partial charge in [0.2, 0.25) is 6.36 Å². The van der Waals surface area contributed by atoms with Crippen molar-refractivity contribution in [2.24, 2.45) is 23.2 Å². The number of rotatable bonds is 3. The standard InChI is InChI=1S/C22H27F3O2/c1-12-8-21(9-12)10-17(11-21)18-7-16-5-4-15(6-13(2)20(23)26)14(3)19(16)27-22(18,24)25/h4-6,12,17-18,20,26H,7-11H2,1-3H3/b13-6+. The van der Waals surface area contributed by atoms with Crippen molar-refractivity contribution in [2.45, 2.75) is 65.3 Å². The molecule has 1 aromatic carbocycles. The van der Waals surface area contributed by atoms with E-state index in [1.54, 1.807) is 19.1 Å². The Bertz CT molecular complexity index is 770. The van der Waals surface area contributed by atoms with E-state index in [-0.39, 0.29) is 17.2 Å². The average Bonchev–Trinajstić information content (AvgIpc) is 2.52. The molecule has 2 atom stereocenters. The third-order valence-corrected chi connectivity index (χ3v) is 6.92. The van der Waals surface area contributed by atoms with Crippen LogP contribution in [-0.4, -0.2) is 17.6 Å². The summed E-state index contributed by atoms with van der Waals surface area (Å²) in [6.07, 6.45) is 0.674. The van der Waals surface area contributed by atoms with Crippen molar-refractivity contribution in [3.8, 4) is 5.75 Å². The Balaban J connectivity index is 1.56. The monoisotopic (exact) mass is 380 g/mol. The van der Waals surface area contributed by atoms with E-state index in [2.05, 4.69) is 6.92 Å². The van der Waals surface area contributed by atoms with Crippen LogP contribution < -0.4 is 4.74 Å². The van der Waals surface area contributed by atoms with Gasteiger partial charge in [-0.15, -0.1) is 0 Å². The molecule has 0 amide bonds. The maximum atomic E-state index is 14.8. The zero-order chi connectivity index (χ0) is 19.6. The van der Waals surface area contributed by atoms with Crippen molar-refractivity contribution in [2.75, 3.05) is 0 Å². The van der Waals surface area contributed by atoms with E-state index in [9.17, 15) is 13.2 Å². The fourth-order valence-electron chi connectivity index (χ4n) is 5.63. The molecule has 0 saturated heterocycles. The molecule has 2 saturated carbocycles. The van der Waals surface area contributed by atoms with Gasteiger partial charge in [-0.2, -0.15) is 8.78 Å². The minimum absolute atomic E-state index is 0.0180. The van der Waals surface area contributed by atoms with Gasteiger partial charge in [-0.1, -0.05) is 25.1 Å². The lowest BCUT2D eigenvalue weighted by molar-refractivity contribution is -0.255. The second-order valence-electron chi connectivity index (χ2n) is 9.15. The van der Waals surface area contributed by atoms with Crippen LogP contribution in [0.15, 0.2) is 17.7 Å². The highest BCUT2D eigenvalue weighted by atomic mass is 19.3. The number of alkyl halides is 3. The highest BCUT2D eigenvalue weighted by molar-refractivity contribution is 5.62. The zero-order valence-corrected chi connectivity index (χ0v) is 16.1. The number of halogens is 3. The van der Waals surface area contributed by atoms with Crippen molar-refractivity contribution >= 4 is 6.08 Å². The van der Waals surface area contributed by atoms with E-state index in [0.717, 1.165) is 24.3 Å². The molecule has 5 heteroatoms. The van der Waals surface area contributed by atoms with E-state index in [1.807, 2.05) is 0 Å². The lowest BCUT2D eigenvalue weighted by atomic mass is 9.46. The summed E-state index contributed by atoms with van der Waals surface area (Å²) in [5, 5.41) is 9.02. The summed E-state index contributed by atoms with van der Waals surface area (Å²) in [4.78, 5) is 0. The summed E-state index contributed by atoms with van der Waals surface area (Å²) in [5.41, 5.74) is 2.40. The van der Waals surface area contributed by atoms with Gasteiger partial charge in [0.25, 0.3) is 0 Å². The van der Waals surface area contributed by atoms with Gasteiger partial charge in [-0.05, 0) is 85.5 Å². The molecular formula is C22H27F3O2. The molecule has 148 valence electrons. The molecule has 2 aliphatic carbocycles. The van der Waals surface area contributed by atoms with Crippen LogP contribution in [0.5, 0.6) is 5.75 Å². The SMILES string of the molecule is C/C(=C\c1ccc2c(c1C)OC(F)(F)C(C1CC3(CC(C)C3)C1)C2)C(O)F. The lowest BCUT2D eigenvalue weighted by Crippen LogP contribution is -2.54. The number of benzene rings is 1. The smallest absolute Gasteiger partial charge is 0.401 e. The molecular weight excluding hydrogens is 353 g/mol. The second kappa shape index (κ2) is 6.26. The maximum Gasteiger partial charge on any atom is 0.401 e. The first-order valence-corrected chi connectivity index (χ1v) is 9.80. The van der Waals surface area contributed by atoms with Crippen LogP contribution in [0.3, 0.4) is 0 Å². The molecule has 27 heavy (non-hydrogen) atoms. The van der Waals surface area contributed by atoms with Crippen molar-refractivity contribution in [1.29, 1.82) is 0 Å². The van der Waals surface area contributed by atoms with Crippen molar-refractivity contribution in [1.82, 2.24) is 0 Å². The van der Waals surface area contributed by atoms with Crippen LogP contribution in [-0.2, 0) is 6.42 Å². The van der Waals surface area contributed by atoms with Crippen LogP contribution in [0.1, 0.15) is 56.2 Å². The number of hydrogen-bond donors (Lipinski definition) is 1. The summed E-state index contributed by atoms with van der Waals surface area (Å²) >= 11 is 0. The van der Waals surface area contributed by atoms with Crippen LogP contribution in [0.25, 0.3) is 6.08 Å². The predicted octanol–water partition coefficient (Wildman–Crippen LogP) is 5.66. The molecule has 1 aromatic rings. The highest BCUT2D eigenvalue weighted by Crippen LogP contribution is 2.64. The quantitative estimate of drug-likeness (QED) is 0.734. The summed E-state index contributed by atoms with van der Waals surface area (Å²) in [6.45, 7) is 5.39. The molecule has 0 radical (unpaired) electrons. The molecule has 4 rings (SSSR count). The normalized spacial score (nSPS) is 35.7. The van der Waals surface area contributed by atoms with Crippen molar-refractivity contribution < 1.29 is 23.0 Å². The highest BCUT2D eigenvalue weighted by Gasteiger charge is 2.59. The van der Waals surface area contributed by atoms with Crippen LogP contribution in [0.2, 0.25) is 0 Å². The molecule has 0 aromatic heterocycles. The van der Waals surface area contributed by atoms with Gasteiger partial charge in [-0.25, -0.2) is 4.39 Å². The predicted molar refractivity (Wildman–Crippen MR) is 98.3 cm³/mol. The number of aliphatic hydroxyl groups excluding tert-OH is 1. The summed E-state index contributed by atoms with van der Waals surface area (Å²) in [6, 6.07) is 3.59. The van der Waals surface area contributed by atoms with E-state index < -0.39 is 18.4 Å². The molecule has 2 nitrogen and oxygen atoms in total. The fourth-order valence-corrected chi connectivity index (χ4v) is 5.63. The van der Waals surface area contributed by atoms with Gasteiger partial charge >= 0.3 is 6.11 Å². The van der Waals surface area contributed by atoms with E-state index in [0.29, 0.717) is 23.0 Å². The number of fused-ring (bicyclic) bond motifs is 1. The van der Waals surface area contributed by atoms with Gasteiger partial charge in [0.15, 0.2) is 0 Å². The van der Waals surface area contributed by atoms with Crippen molar-refractivity contribution in [3.63, 3.8) is 0 Å². The Morgan fingerprint density at radius 3 is 2.52 bits per heavy atom. The molecule has 0 bridgehead atoms. The van der Waals surface area contributed by atoms with Crippen LogP contribution in [0.4, 0.5) is 13.2 Å². The molecule has 3 aliphatic rings. The second-order valence-corrected chi connectivity index (χ2v) is 9.15. The molecule has 1 N–H and O–H groups in total. The summed E-state index contributed by atoms with van der Waals surface area (Å²) < 4.78 is 47.9. The maximum absolute atomic E-state index is 14.8. The van der Waals surface area contributed by atoms with Crippen molar-refractivity contribution in [3.05, 3.63) is 34.4 Å². The largest absolute Gasteiger partial charge is 0.432 e. The minimum atomic E-state index is -3.18. The Labute approximate surface area is 158 Å². The topological polar surface area (TPSA) is 29.5 Å². The third-order valence-electron chi connectivity index (χ3n) is 6.92. The Kier molecular flexibility index (Phi) is 4.37. The Hall–Kier alpha value is -1.49. The average molecular weight is 380 g/mol. The Morgan fingerprint density at radius 1 is 1.26 bits per heavy atom. The van der Waals surface area contributed by atoms with E-state index >= 15 is 0 Å². The first kappa shape index (κ1) is 18.9. The molecule has 1 aliphatic heterocycles. The van der Waals surface area contributed by atoms with Crippen LogP contribution in [0, 0.1) is 30.1 Å². The van der Waals surface area contributed by atoms with Crippen LogP contribution >= 0.6 is 0 Å². The Morgan fingerprint density at radius 2 is 1.93 bits per heavy atom. The first-order chi connectivity index (χ1) is 12.6. The van der Waals surface area contributed by atoms with E-state index in [4.69, 9.17) is 9.84 Å². The van der Waals surface area contributed by atoms with Gasteiger partial charge in [0, 0.05) is 0 Å². The number of ether oxygens (including phenoxy) is 1. The zero-order valence-electron chi connectivity index (χ0n) is 16.1. The van der Waals surface area contributed by atoms with E-state index in [1.165, 1.54) is 25.8 Å². The summed E-state index contributed by atoms with van der Waals surface area (Å²) in [7, 11) is 0. The molecule has 2 fully saturated rings. The molecule has 1 spiro atoms. The van der Waals surface area contributed by atoms with Gasteiger partial charge < -0.3 is 9.84 Å². The lowest BCUT2D eigenvalue weighted by Gasteiger charge is -2.59. The first-order valence-electron chi connectivity index (χ1n) is 9.80. The summed E-state index contributed by atoms with van der Waals surface area (Å²) in [5.74, 6) is 0.179. The van der Waals surface area contributed by atoms with Gasteiger partial charge in [0.1, 0.15) is 5.75 Å². The third kappa shape index (κ3) is 3.18. The van der Waals surface area contributed by atoms with Gasteiger partial charge in [0.05, 0.1) is 5.92 Å².